The monoisotopic (exact) mass is 235 g/mol. The predicted octanol–water partition coefficient (Wildman–Crippen LogP) is 3.27. The van der Waals surface area contributed by atoms with Crippen molar-refractivity contribution in [2.75, 3.05) is 0 Å². The number of rotatable bonds is 5. The Morgan fingerprint density at radius 1 is 1.56 bits per heavy atom. The van der Waals surface area contributed by atoms with E-state index in [9.17, 15) is 0 Å². The van der Waals surface area contributed by atoms with Gasteiger partial charge in [-0.3, -0.25) is 5.32 Å². The third kappa shape index (κ3) is 2.51. The van der Waals surface area contributed by atoms with Gasteiger partial charge in [0.1, 0.15) is 5.82 Å². The number of nitrogens with one attached hydrogen (secondary N) is 2. The first-order valence-corrected chi connectivity index (χ1v) is 6.48. The quantitative estimate of drug-likeness (QED) is 0.835. The highest BCUT2D eigenvalue weighted by Gasteiger charge is 2.15. The lowest BCUT2D eigenvalue weighted by Gasteiger charge is -2.19. The summed E-state index contributed by atoms with van der Waals surface area (Å²) in [4.78, 5) is 8.80. The summed E-state index contributed by atoms with van der Waals surface area (Å²) in [6.45, 7) is 4.33. The van der Waals surface area contributed by atoms with E-state index in [-0.39, 0.29) is 6.04 Å². The van der Waals surface area contributed by atoms with E-state index in [0.29, 0.717) is 6.04 Å². The van der Waals surface area contributed by atoms with Crippen molar-refractivity contribution in [3.8, 4) is 0 Å². The van der Waals surface area contributed by atoms with Crippen LogP contribution in [0.15, 0.2) is 29.9 Å². The van der Waals surface area contributed by atoms with Crippen LogP contribution in [0, 0.1) is 0 Å². The molecule has 0 saturated carbocycles. The van der Waals surface area contributed by atoms with Crippen molar-refractivity contribution in [1.82, 2.24) is 15.3 Å². The third-order valence-electron chi connectivity index (χ3n) is 2.68. The number of hydrogen-bond acceptors (Lipinski definition) is 3. The number of aromatic amines is 1. The van der Waals surface area contributed by atoms with Gasteiger partial charge >= 0.3 is 0 Å². The Bertz CT molecular complexity index is 394. The van der Waals surface area contributed by atoms with Gasteiger partial charge in [0.25, 0.3) is 0 Å². The third-order valence-corrected chi connectivity index (χ3v) is 3.66. The fraction of sp³-hybridized carbons (Fsp3) is 0.417. The van der Waals surface area contributed by atoms with E-state index < -0.39 is 0 Å². The van der Waals surface area contributed by atoms with Crippen LogP contribution < -0.4 is 5.32 Å². The molecule has 2 atom stereocenters. The van der Waals surface area contributed by atoms with E-state index in [0.717, 1.165) is 12.2 Å². The fourth-order valence-electron chi connectivity index (χ4n) is 1.79. The maximum absolute atomic E-state index is 4.27. The van der Waals surface area contributed by atoms with E-state index in [2.05, 4.69) is 46.6 Å². The van der Waals surface area contributed by atoms with E-state index in [1.807, 2.05) is 6.20 Å². The van der Waals surface area contributed by atoms with Gasteiger partial charge in [-0.2, -0.15) is 0 Å². The molecule has 0 spiro atoms. The summed E-state index contributed by atoms with van der Waals surface area (Å²) in [5.41, 5.74) is 0. The zero-order valence-electron chi connectivity index (χ0n) is 9.60. The van der Waals surface area contributed by atoms with Gasteiger partial charge in [-0.15, -0.1) is 11.3 Å². The summed E-state index contributed by atoms with van der Waals surface area (Å²) >= 11 is 1.80. The van der Waals surface area contributed by atoms with Gasteiger partial charge in [-0.25, -0.2) is 4.98 Å². The minimum Gasteiger partial charge on any atom is -0.347 e. The molecule has 0 radical (unpaired) electrons. The zero-order chi connectivity index (χ0) is 11.4. The molecule has 2 N–H and O–H groups in total. The van der Waals surface area contributed by atoms with Crippen LogP contribution in [0.3, 0.4) is 0 Å². The molecular weight excluding hydrogens is 218 g/mol. The number of H-pyrrole nitrogens is 1. The topological polar surface area (TPSA) is 40.7 Å². The number of nitrogens with zero attached hydrogens (tertiary/aromatic N) is 1. The Morgan fingerprint density at radius 3 is 3.00 bits per heavy atom. The van der Waals surface area contributed by atoms with Crippen LogP contribution in [0.25, 0.3) is 0 Å². The van der Waals surface area contributed by atoms with Crippen LogP contribution >= 0.6 is 11.3 Å². The van der Waals surface area contributed by atoms with Crippen molar-refractivity contribution in [2.24, 2.45) is 0 Å². The molecule has 2 unspecified atom stereocenters. The van der Waals surface area contributed by atoms with Crippen molar-refractivity contribution in [3.05, 3.63) is 40.6 Å². The van der Waals surface area contributed by atoms with Gasteiger partial charge in [0, 0.05) is 23.3 Å². The van der Waals surface area contributed by atoms with Crippen LogP contribution in [0.4, 0.5) is 0 Å². The minimum atomic E-state index is 0.252. The maximum atomic E-state index is 4.27. The summed E-state index contributed by atoms with van der Waals surface area (Å²) in [7, 11) is 0. The number of thiophene rings is 1. The summed E-state index contributed by atoms with van der Waals surface area (Å²) in [5.74, 6) is 0.995. The van der Waals surface area contributed by atoms with Crippen LogP contribution in [0.2, 0.25) is 0 Å². The molecule has 2 aromatic rings. The Labute approximate surface area is 99.9 Å². The highest BCUT2D eigenvalue weighted by Crippen LogP contribution is 2.24. The summed E-state index contributed by atoms with van der Waals surface area (Å²) in [6.07, 6.45) is 4.74. The average molecular weight is 235 g/mol. The van der Waals surface area contributed by atoms with Crippen molar-refractivity contribution in [3.63, 3.8) is 0 Å². The summed E-state index contributed by atoms with van der Waals surface area (Å²) in [5, 5.41) is 5.71. The van der Waals surface area contributed by atoms with Gasteiger partial charge in [-0.1, -0.05) is 13.0 Å². The molecule has 4 heteroatoms. The van der Waals surface area contributed by atoms with E-state index in [1.54, 1.807) is 17.5 Å². The summed E-state index contributed by atoms with van der Waals surface area (Å²) in [6, 6.07) is 4.95. The van der Waals surface area contributed by atoms with Gasteiger partial charge in [0.05, 0.1) is 6.04 Å². The lowest BCUT2D eigenvalue weighted by Crippen LogP contribution is -2.24. The average Bonchev–Trinajstić information content (AvgIpc) is 2.96. The molecular formula is C12H17N3S. The molecule has 0 aliphatic rings. The molecule has 0 bridgehead atoms. The Kier molecular flexibility index (Phi) is 3.74. The largest absolute Gasteiger partial charge is 0.347 e. The summed E-state index contributed by atoms with van der Waals surface area (Å²) < 4.78 is 0. The lowest BCUT2D eigenvalue weighted by molar-refractivity contribution is 0.449. The molecule has 0 aliphatic carbocycles. The Balaban J connectivity index is 2.02. The molecule has 2 rings (SSSR count). The van der Waals surface area contributed by atoms with Crippen LogP contribution in [-0.4, -0.2) is 9.97 Å². The molecule has 2 aromatic heterocycles. The number of aromatic nitrogens is 2. The minimum absolute atomic E-state index is 0.252. The Hall–Kier alpha value is -1.13. The van der Waals surface area contributed by atoms with Crippen molar-refractivity contribution < 1.29 is 0 Å². The van der Waals surface area contributed by atoms with Crippen molar-refractivity contribution in [1.29, 1.82) is 0 Å². The van der Waals surface area contributed by atoms with E-state index in [1.165, 1.54) is 4.88 Å². The van der Waals surface area contributed by atoms with Crippen LogP contribution in [0.1, 0.15) is 43.1 Å². The zero-order valence-corrected chi connectivity index (χ0v) is 10.4. The van der Waals surface area contributed by atoms with E-state index >= 15 is 0 Å². The standard InChI is InChI=1S/C12H17N3S/c1-3-10(11-5-4-8-16-11)15-9(2)12-13-6-7-14-12/h4-10,15H,3H2,1-2H3,(H,13,14). The van der Waals surface area contributed by atoms with E-state index in [4.69, 9.17) is 0 Å². The van der Waals surface area contributed by atoms with Crippen LogP contribution in [-0.2, 0) is 0 Å². The predicted molar refractivity (Wildman–Crippen MR) is 67.5 cm³/mol. The van der Waals surface area contributed by atoms with Gasteiger partial charge < -0.3 is 4.98 Å². The molecule has 0 amide bonds. The first-order chi connectivity index (χ1) is 7.81. The molecule has 0 aromatic carbocycles. The molecule has 86 valence electrons. The fourth-order valence-corrected chi connectivity index (χ4v) is 2.66. The second kappa shape index (κ2) is 5.27. The SMILES string of the molecule is CCC(NC(C)c1ncc[nH]1)c1cccs1. The Morgan fingerprint density at radius 2 is 2.44 bits per heavy atom. The number of imidazole rings is 1. The van der Waals surface area contributed by atoms with Gasteiger partial charge in [0.2, 0.25) is 0 Å². The second-order valence-corrected chi connectivity index (χ2v) is 4.82. The highest BCUT2D eigenvalue weighted by molar-refractivity contribution is 7.10. The lowest BCUT2D eigenvalue weighted by atomic mass is 10.1. The first kappa shape index (κ1) is 11.4. The van der Waals surface area contributed by atoms with Gasteiger partial charge in [-0.05, 0) is 24.8 Å². The normalized spacial score (nSPS) is 14.9. The molecule has 2 heterocycles. The van der Waals surface area contributed by atoms with Gasteiger partial charge in [0.15, 0.2) is 0 Å². The maximum Gasteiger partial charge on any atom is 0.122 e. The molecule has 3 nitrogen and oxygen atoms in total. The highest BCUT2D eigenvalue weighted by atomic mass is 32.1. The van der Waals surface area contributed by atoms with Crippen LogP contribution in [0.5, 0.6) is 0 Å². The molecule has 0 aliphatic heterocycles. The molecule has 16 heavy (non-hydrogen) atoms. The van der Waals surface area contributed by atoms with Crippen molar-refractivity contribution in [2.45, 2.75) is 32.4 Å². The first-order valence-electron chi connectivity index (χ1n) is 5.60. The molecule has 0 saturated heterocycles. The smallest absolute Gasteiger partial charge is 0.122 e. The number of hydrogen-bond donors (Lipinski definition) is 2. The second-order valence-electron chi connectivity index (χ2n) is 3.84. The molecule has 0 fully saturated rings. The van der Waals surface area contributed by atoms with Crippen molar-refractivity contribution >= 4 is 11.3 Å².